The van der Waals surface area contributed by atoms with Gasteiger partial charge in [0.1, 0.15) is 5.82 Å². The number of nitrogens with one attached hydrogen (secondary N) is 2. The number of aromatic nitrogens is 3. The topological polar surface area (TPSA) is 66.6 Å². The monoisotopic (exact) mass is 326 g/mol. The van der Waals surface area contributed by atoms with E-state index >= 15 is 0 Å². The highest BCUT2D eigenvalue weighted by atomic mass is 19.1. The SMILES string of the molecule is CN=C(NCc1ccc(F)c(C)c1)NCc1nnc2ccccn12. The number of guanidine groups is 1. The van der Waals surface area contributed by atoms with Gasteiger partial charge >= 0.3 is 0 Å². The van der Waals surface area contributed by atoms with Gasteiger partial charge in [-0.2, -0.15) is 0 Å². The molecule has 2 aromatic heterocycles. The molecule has 0 fully saturated rings. The third kappa shape index (κ3) is 3.51. The molecule has 0 aliphatic carbocycles. The Morgan fingerprint density at radius 3 is 2.79 bits per heavy atom. The molecule has 0 bridgehead atoms. The van der Waals surface area contributed by atoms with Crippen LogP contribution in [0, 0.1) is 12.7 Å². The Morgan fingerprint density at radius 1 is 1.17 bits per heavy atom. The summed E-state index contributed by atoms with van der Waals surface area (Å²) in [6, 6.07) is 10.8. The van der Waals surface area contributed by atoms with Crippen molar-refractivity contribution in [1.29, 1.82) is 0 Å². The fourth-order valence-corrected chi connectivity index (χ4v) is 2.40. The first-order chi connectivity index (χ1) is 11.7. The van der Waals surface area contributed by atoms with Crippen LogP contribution in [0.5, 0.6) is 0 Å². The third-order valence-electron chi connectivity index (χ3n) is 3.70. The lowest BCUT2D eigenvalue weighted by atomic mass is 10.1. The fraction of sp³-hybridized carbons (Fsp3) is 0.235. The predicted molar refractivity (Wildman–Crippen MR) is 91.2 cm³/mol. The van der Waals surface area contributed by atoms with Crippen molar-refractivity contribution in [3.05, 3.63) is 65.4 Å². The number of pyridine rings is 1. The Labute approximate surface area is 139 Å². The van der Waals surface area contributed by atoms with Gasteiger partial charge in [-0.1, -0.05) is 18.2 Å². The van der Waals surface area contributed by atoms with Crippen molar-refractivity contribution in [3.8, 4) is 0 Å². The Balaban J connectivity index is 1.60. The first kappa shape index (κ1) is 15.9. The van der Waals surface area contributed by atoms with E-state index in [2.05, 4.69) is 25.8 Å². The lowest BCUT2D eigenvalue weighted by Gasteiger charge is -2.11. The molecule has 24 heavy (non-hydrogen) atoms. The standard InChI is InChI=1S/C17H19FN6/c1-12-9-13(6-7-14(12)18)10-20-17(19-2)21-11-16-23-22-15-5-3-4-8-24(15)16/h3-9H,10-11H2,1-2H3,(H2,19,20,21). The van der Waals surface area contributed by atoms with Crippen molar-refractivity contribution in [2.75, 3.05) is 7.05 Å². The minimum absolute atomic E-state index is 0.194. The molecule has 0 atom stereocenters. The van der Waals surface area contributed by atoms with Gasteiger partial charge in [-0.25, -0.2) is 4.39 Å². The molecular weight excluding hydrogens is 307 g/mol. The quantitative estimate of drug-likeness (QED) is 0.569. The molecule has 2 N–H and O–H groups in total. The summed E-state index contributed by atoms with van der Waals surface area (Å²) in [5.41, 5.74) is 2.43. The summed E-state index contributed by atoms with van der Waals surface area (Å²) in [6.07, 6.45) is 1.92. The van der Waals surface area contributed by atoms with Crippen molar-refractivity contribution in [3.63, 3.8) is 0 Å². The van der Waals surface area contributed by atoms with Crippen LogP contribution < -0.4 is 10.6 Å². The Hall–Kier alpha value is -2.96. The van der Waals surface area contributed by atoms with Crippen molar-refractivity contribution in [1.82, 2.24) is 25.2 Å². The molecule has 0 aliphatic heterocycles. The zero-order valence-electron chi connectivity index (χ0n) is 13.6. The van der Waals surface area contributed by atoms with E-state index in [9.17, 15) is 4.39 Å². The third-order valence-corrected chi connectivity index (χ3v) is 3.70. The van der Waals surface area contributed by atoms with Crippen LogP contribution in [0.15, 0.2) is 47.6 Å². The second-order valence-corrected chi connectivity index (χ2v) is 5.41. The van der Waals surface area contributed by atoms with Crippen molar-refractivity contribution < 1.29 is 4.39 Å². The summed E-state index contributed by atoms with van der Waals surface area (Å²) in [5.74, 6) is 1.25. The molecule has 1 aromatic carbocycles. The molecule has 0 radical (unpaired) electrons. The van der Waals surface area contributed by atoms with Crippen LogP contribution >= 0.6 is 0 Å². The number of halogens is 1. The number of fused-ring (bicyclic) bond motifs is 1. The van der Waals surface area contributed by atoms with E-state index in [0.717, 1.165) is 17.0 Å². The molecule has 3 rings (SSSR count). The number of hydrogen-bond acceptors (Lipinski definition) is 3. The van der Waals surface area contributed by atoms with Gasteiger partial charge in [0.2, 0.25) is 0 Å². The maximum Gasteiger partial charge on any atom is 0.191 e. The zero-order valence-corrected chi connectivity index (χ0v) is 13.6. The van der Waals surface area contributed by atoms with Gasteiger partial charge in [-0.05, 0) is 36.2 Å². The molecule has 0 unspecified atom stereocenters. The van der Waals surface area contributed by atoms with Gasteiger partial charge in [0.15, 0.2) is 17.4 Å². The van der Waals surface area contributed by atoms with Gasteiger partial charge in [-0.3, -0.25) is 9.39 Å². The molecular formula is C17H19FN6. The van der Waals surface area contributed by atoms with Crippen LogP contribution in [0.2, 0.25) is 0 Å². The molecule has 124 valence electrons. The fourth-order valence-electron chi connectivity index (χ4n) is 2.40. The molecule has 0 saturated heterocycles. The highest BCUT2D eigenvalue weighted by molar-refractivity contribution is 5.79. The maximum atomic E-state index is 13.3. The summed E-state index contributed by atoms with van der Waals surface area (Å²) in [7, 11) is 1.70. The Bertz CT molecular complexity index is 870. The minimum atomic E-state index is -0.194. The van der Waals surface area contributed by atoms with Crippen LogP contribution in [-0.2, 0) is 13.1 Å². The van der Waals surface area contributed by atoms with E-state index in [1.165, 1.54) is 6.07 Å². The van der Waals surface area contributed by atoms with Crippen LogP contribution in [0.25, 0.3) is 5.65 Å². The number of hydrogen-bond donors (Lipinski definition) is 2. The summed E-state index contributed by atoms with van der Waals surface area (Å²) in [6.45, 7) is 2.80. The van der Waals surface area contributed by atoms with Gasteiger partial charge in [0, 0.05) is 19.8 Å². The highest BCUT2D eigenvalue weighted by Gasteiger charge is 2.06. The molecule has 0 spiro atoms. The van der Waals surface area contributed by atoms with Crippen molar-refractivity contribution in [2.45, 2.75) is 20.0 Å². The van der Waals surface area contributed by atoms with Crippen LogP contribution in [0.3, 0.4) is 0 Å². The van der Waals surface area contributed by atoms with E-state index < -0.39 is 0 Å². The summed E-state index contributed by atoms with van der Waals surface area (Å²) >= 11 is 0. The first-order valence-corrected chi connectivity index (χ1v) is 7.65. The summed E-state index contributed by atoms with van der Waals surface area (Å²) < 4.78 is 15.2. The van der Waals surface area contributed by atoms with E-state index in [1.54, 1.807) is 20.0 Å². The number of benzene rings is 1. The number of rotatable bonds is 4. The Morgan fingerprint density at radius 2 is 2.00 bits per heavy atom. The second kappa shape index (κ2) is 7.08. The normalized spacial score (nSPS) is 11.7. The van der Waals surface area contributed by atoms with Crippen LogP contribution in [0.4, 0.5) is 4.39 Å². The Kier molecular flexibility index (Phi) is 4.69. The average molecular weight is 326 g/mol. The molecule has 7 heteroatoms. The lowest BCUT2D eigenvalue weighted by Crippen LogP contribution is -2.36. The first-order valence-electron chi connectivity index (χ1n) is 7.65. The van der Waals surface area contributed by atoms with Gasteiger partial charge in [0.25, 0.3) is 0 Å². The van der Waals surface area contributed by atoms with Crippen LogP contribution in [0.1, 0.15) is 17.0 Å². The minimum Gasteiger partial charge on any atom is -0.352 e. The maximum absolute atomic E-state index is 13.3. The average Bonchev–Trinajstić information content (AvgIpc) is 3.01. The number of nitrogens with zero attached hydrogens (tertiary/aromatic N) is 4. The summed E-state index contributed by atoms with van der Waals surface area (Å²) in [5, 5.41) is 14.7. The van der Waals surface area contributed by atoms with Gasteiger partial charge in [-0.15, -0.1) is 10.2 Å². The largest absolute Gasteiger partial charge is 0.352 e. The zero-order chi connectivity index (χ0) is 16.9. The predicted octanol–water partition coefficient (Wildman–Crippen LogP) is 2.04. The summed E-state index contributed by atoms with van der Waals surface area (Å²) in [4.78, 5) is 4.19. The van der Waals surface area contributed by atoms with E-state index in [0.29, 0.717) is 24.6 Å². The molecule has 0 aliphatic rings. The lowest BCUT2D eigenvalue weighted by molar-refractivity contribution is 0.617. The molecule has 2 heterocycles. The molecule has 3 aromatic rings. The number of aryl methyl sites for hydroxylation is 1. The highest BCUT2D eigenvalue weighted by Crippen LogP contribution is 2.09. The van der Waals surface area contributed by atoms with E-state index in [1.807, 2.05) is 34.9 Å². The van der Waals surface area contributed by atoms with Crippen molar-refractivity contribution >= 4 is 11.6 Å². The van der Waals surface area contributed by atoms with E-state index in [4.69, 9.17) is 0 Å². The van der Waals surface area contributed by atoms with Gasteiger partial charge < -0.3 is 10.6 Å². The van der Waals surface area contributed by atoms with E-state index in [-0.39, 0.29) is 5.82 Å². The molecule has 0 saturated carbocycles. The number of aliphatic imine (C=N–C) groups is 1. The van der Waals surface area contributed by atoms with Crippen LogP contribution in [-0.4, -0.2) is 27.6 Å². The molecule has 0 amide bonds. The second-order valence-electron chi connectivity index (χ2n) is 5.41. The molecule has 6 nitrogen and oxygen atoms in total. The van der Waals surface area contributed by atoms with Gasteiger partial charge in [0.05, 0.1) is 6.54 Å². The van der Waals surface area contributed by atoms with Crippen molar-refractivity contribution in [2.24, 2.45) is 4.99 Å². The smallest absolute Gasteiger partial charge is 0.191 e.